The second-order valence-electron chi connectivity index (χ2n) is 6.89. The molecular weight excluding hydrogens is 422 g/mol. The molecule has 1 aliphatic rings. The Bertz CT molecular complexity index is 737. The fourth-order valence-corrected chi connectivity index (χ4v) is 5.07. The van der Waals surface area contributed by atoms with Gasteiger partial charge in [-0.05, 0) is 50.2 Å². The fourth-order valence-electron chi connectivity index (χ4n) is 3.20. The second kappa shape index (κ2) is 12.5. The molecule has 158 valence electrons. The van der Waals surface area contributed by atoms with Crippen LogP contribution in [0.5, 0.6) is 0 Å². The molecule has 29 heavy (non-hydrogen) atoms. The largest absolute Gasteiger partial charge is 0.303 e. The number of aromatic nitrogens is 1. The number of carbonyl (C=O) groups excluding carboxylic acids is 1. The lowest BCUT2D eigenvalue weighted by molar-refractivity contribution is 0.266. The van der Waals surface area contributed by atoms with E-state index in [0.29, 0.717) is 0 Å². The van der Waals surface area contributed by atoms with Crippen LogP contribution < -0.4 is 4.90 Å². The van der Waals surface area contributed by atoms with Crippen molar-refractivity contribution in [3.63, 3.8) is 0 Å². The average Bonchev–Trinajstić information content (AvgIpc) is 2.73. The Kier molecular flexibility index (Phi) is 10.4. The maximum absolute atomic E-state index is 13.2. The number of hydrogen-bond acceptors (Lipinski definition) is 5. The number of amides is 1. The topological polar surface area (TPSA) is 36.4 Å². The highest BCUT2D eigenvalue weighted by Gasteiger charge is 2.29. The van der Waals surface area contributed by atoms with E-state index in [1.54, 1.807) is 22.9 Å². The van der Waals surface area contributed by atoms with Gasteiger partial charge in [0.15, 0.2) is 5.82 Å². The fraction of sp³-hybridized carbons (Fsp3) is 0.455. The predicted octanol–water partition coefficient (Wildman–Crippen LogP) is 6.86. The Morgan fingerprint density at radius 2 is 1.72 bits per heavy atom. The highest BCUT2D eigenvalue weighted by atomic mass is 35.5. The molecule has 7 heteroatoms. The molecule has 0 spiro atoms. The Morgan fingerprint density at radius 3 is 2.45 bits per heavy atom. The Morgan fingerprint density at radius 1 is 1.03 bits per heavy atom. The van der Waals surface area contributed by atoms with E-state index >= 15 is 0 Å². The molecule has 1 amide bonds. The van der Waals surface area contributed by atoms with Crippen LogP contribution in [0.15, 0.2) is 52.4 Å². The van der Waals surface area contributed by atoms with Crippen LogP contribution in [0, 0.1) is 0 Å². The Hall–Kier alpha value is -1.21. The van der Waals surface area contributed by atoms with Gasteiger partial charge in [-0.3, -0.25) is 9.69 Å². The van der Waals surface area contributed by atoms with Gasteiger partial charge in [0.05, 0.1) is 10.6 Å². The summed E-state index contributed by atoms with van der Waals surface area (Å²) in [6, 6.07) is 12.0. The van der Waals surface area contributed by atoms with Crippen LogP contribution in [0.25, 0.3) is 0 Å². The summed E-state index contributed by atoms with van der Waals surface area (Å²) >= 11 is 3.08. The van der Waals surface area contributed by atoms with E-state index in [9.17, 15) is 4.79 Å². The zero-order valence-corrected chi connectivity index (χ0v) is 19.6. The molecule has 0 radical (unpaired) electrons. The zero-order valence-electron chi connectivity index (χ0n) is 17.2. The van der Waals surface area contributed by atoms with Crippen molar-refractivity contribution in [1.29, 1.82) is 0 Å². The lowest BCUT2D eigenvalue weighted by Gasteiger charge is -2.29. The van der Waals surface area contributed by atoms with Gasteiger partial charge in [0.25, 0.3) is 5.24 Å². The first kappa shape index (κ1) is 24.1. The van der Waals surface area contributed by atoms with Gasteiger partial charge in [-0.2, -0.15) is 0 Å². The van der Waals surface area contributed by atoms with Crippen molar-refractivity contribution < 1.29 is 4.79 Å². The van der Waals surface area contributed by atoms with Crippen molar-refractivity contribution >= 4 is 52.7 Å². The molecule has 0 unspecified atom stereocenters. The molecule has 0 aliphatic carbocycles. The monoisotopic (exact) mass is 451 g/mol. The third-order valence-corrected chi connectivity index (χ3v) is 6.68. The summed E-state index contributed by atoms with van der Waals surface area (Å²) in [5.74, 6) is 1.55. The van der Waals surface area contributed by atoms with Gasteiger partial charge >= 0.3 is 0 Å². The van der Waals surface area contributed by atoms with Crippen molar-refractivity contribution in [3.05, 3.63) is 42.6 Å². The van der Waals surface area contributed by atoms with Crippen molar-refractivity contribution in [2.75, 3.05) is 30.3 Å². The minimum absolute atomic E-state index is 0. The number of nitrogens with zero attached hydrogens (tertiary/aromatic N) is 3. The number of thioether (sulfide) groups is 1. The van der Waals surface area contributed by atoms with Crippen LogP contribution >= 0.6 is 35.9 Å². The number of carbonyl (C=O) groups is 1. The van der Waals surface area contributed by atoms with E-state index < -0.39 is 0 Å². The number of halogens is 1. The highest BCUT2D eigenvalue weighted by Crippen LogP contribution is 2.47. The molecule has 1 aliphatic heterocycles. The minimum Gasteiger partial charge on any atom is -0.303 e. The number of para-hydroxylation sites is 1. The van der Waals surface area contributed by atoms with Crippen LogP contribution in [0.1, 0.15) is 39.5 Å². The summed E-state index contributed by atoms with van der Waals surface area (Å²) in [5.41, 5.74) is 0.935. The molecule has 1 aromatic carbocycles. The average molecular weight is 452 g/mol. The first-order chi connectivity index (χ1) is 13.7. The van der Waals surface area contributed by atoms with E-state index in [1.807, 2.05) is 30.3 Å². The number of benzene rings is 1. The molecule has 2 heterocycles. The summed E-state index contributed by atoms with van der Waals surface area (Å²) in [6.07, 6.45) is 6.61. The molecule has 0 bridgehead atoms. The Balaban J connectivity index is 0.00000300. The molecule has 0 N–H and O–H groups in total. The lowest BCUT2D eigenvalue weighted by Crippen LogP contribution is -2.30. The molecular formula is C22H30ClN3OS2. The van der Waals surface area contributed by atoms with Gasteiger partial charge < -0.3 is 4.90 Å². The third-order valence-electron chi connectivity index (χ3n) is 4.76. The SMILES string of the molecule is CCCCN(CCCC)CCSC(=O)N1c2ccccc2Sc2cccnc21.Cl. The quantitative estimate of drug-likeness (QED) is 0.416. The first-order valence-electron chi connectivity index (χ1n) is 10.2. The van der Waals surface area contributed by atoms with Crippen molar-refractivity contribution in [2.24, 2.45) is 0 Å². The molecule has 1 aromatic heterocycles. The maximum Gasteiger partial charge on any atom is 0.291 e. The Labute approximate surface area is 189 Å². The van der Waals surface area contributed by atoms with Crippen LogP contribution in [0.2, 0.25) is 0 Å². The molecule has 0 atom stereocenters. The lowest BCUT2D eigenvalue weighted by atomic mass is 10.2. The number of unbranched alkanes of at least 4 members (excludes halogenated alkanes) is 2. The van der Waals surface area contributed by atoms with Gasteiger partial charge in [-0.25, -0.2) is 4.98 Å². The first-order valence-corrected chi connectivity index (χ1v) is 12.0. The van der Waals surface area contributed by atoms with Gasteiger partial charge in [0.2, 0.25) is 0 Å². The maximum atomic E-state index is 13.2. The second-order valence-corrected chi connectivity index (χ2v) is 9.02. The smallest absolute Gasteiger partial charge is 0.291 e. The normalized spacial score (nSPS) is 12.3. The van der Waals surface area contributed by atoms with E-state index in [-0.39, 0.29) is 17.6 Å². The molecule has 3 rings (SSSR count). The number of pyridine rings is 1. The van der Waals surface area contributed by atoms with Gasteiger partial charge in [-0.15, -0.1) is 12.4 Å². The standard InChI is InChI=1S/C22H29N3OS2.ClH/c1-3-5-14-24(15-6-4-2)16-17-27-22(26)25-18-10-7-8-11-19(18)28-20-12-9-13-23-21(20)25;/h7-13H,3-6,14-17H2,1-2H3;1H. The number of hydrogen-bond donors (Lipinski definition) is 0. The van der Waals surface area contributed by atoms with Crippen molar-refractivity contribution in [2.45, 2.75) is 49.3 Å². The summed E-state index contributed by atoms with van der Waals surface area (Å²) < 4.78 is 0. The number of anilines is 2. The molecule has 2 aromatic rings. The summed E-state index contributed by atoms with van der Waals surface area (Å²) in [7, 11) is 0. The third kappa shape index (κ3) is 6.38. The van der Waals surface area contributed by atoms with Crippen molar-refractivity contribution in [3.8, 4) is 0 Å². The van der Waals surface area contributed by atoms with E-state index in [2.05, 4.69) is 29.8 Å². The highest BCUT2D eigenvalue weighted by molar-refractivity contribution is 8.14. The van der Waals surface area contributed by atoms with Crippen LogP contribution in [-0.2, 0) is 0 Å². The summed E-state index contributed by atoms with van der Waals surface area (Å²) in [4.78, 5) is 24.1. The summed E-state index contributed by atoms with van der Waals surface area (Å²) in [6.45, 7) is 7.66. The molecule has 0 saturated heterocycles. The summed E-state index contributed by atoms with van der Waals surface area (Å²) in [5, 5.41) is 0.0543. The van der Waals surface area contributed by atoms with Crippen molar-refractivity contribution in [1.82, 2.24) is 9.88 Å². The van der Waals surface area contributed by atoms with Gasteiger partial charge in [0.1, 0.15) is 0 Å². The van der Waals surface area contributed by atoms with Crippen LogP contribution in [-0.4, -0.2) is 40.5 Å². The van der Waals surface area contributed by atoms with E-state index in [0.717, 1.165) is 46.7 Å². The van der Waals surface area contributed by atoms with Crippen LogP contribution in [0.3, 0.4) is 0 Å². The van der Waals surface area contributed by atoms with E-state index in [4.69, 9.17) is 0 Å². The molecule has 4 nitrogen and oxygen atoms in total. The van der Waals surface area contributed by atoms with E-state index in [1.165, 1.54) is 37.4 Å². The number of fused-ring (bicyclic) bond motifs is 2. The number of rotatable bonds is 9. The minimum atomic E-state index is 0. The molecule has 0 fully saturated rings. The molecule has 0 saturated carbocycles. The van der Waals surface area contributed by atoms with Gasteiger partial charge in [-0.1, -0.05) is 62.3 Å². The zero-order chi connectivity index (χ0) is 19.8. The predicted molar refractivity (Wildman–Crippen MR) is 128 cm³/mol. The van der Waals surface area contributed by atoms with Crippen LogP contribution in [0.4, 0.5) is 16.3 Å². The van der Waals surface area contributed by atoms with Gasteiger partial charge in [0, 0.05) is 23.4 Å².